The Kier molecular flexibility index (Phi) is 6.10. The van der Waals surface area contributed by atoms with Crippen LogP contribution in [0.2, 0.25) is 0 Å². The molecule has 1 N–H and O–H groups in total. The molecule has 2 aliphatic rings. The van der Waals surface area contributed by atoms with E-state index in [0.717, 1.165) is 25.9 Å². The van der Waals surface area contributed by atoms with Gasteiger partial charge in [0.05, 0.1) is 19.9 Å². The number of carbonyl (C=O) groups excluding carboxylic acids is 1. The highest BCUT2D eigenvalue weighted by Gasteiger charge is 2.29. The summed E-state index contributed by atoms with van der Waals surface area (Å²) in [6.07, 6.45) is 4.43. The average Bonchev–Trinajstić information content (AvgIpc) is 3.20. The molecule has 11 heteroatoms. The molecule has 1 aromatic rings. The predicted molar refractivity (Wildman–Crippen MR) is 98.8 cm³/mol. The molecule has 3 heterocycles. The number of nitrogens with one attached hydrogen (secondary N) is 1. The number of carbonyl (C=O) groups is 1. The monoisotopic (exact) mass is 398 g/mol. The van der Waals surface area contributed by atoms with E-state index in [2.05, 4.69) is 25.2 Å². The average molecular weight is 398 g/mol. The van der Waals surface area contributed by atoms with Gasteiger partial charge in [-0.1, -0.05) is 0 Å². The summed E-state index contributed by atoms with van der Waals surface area (Å²) in [5.41, 5.74) is 0. The van der Waals surface area contributed by atoms with Crippen molar-refractivity contribution >= 4 is 21.9 Å². The second kappa shape index (κ2) is 8.34. The van der Waals surface area contributed by atoms with Gasteiger partial charge in [0, 0.05) is 32.1 Å². The van der Waals surface area contributed by atoms with Crippen molar-refractivity contribution in [1.29, 1.82) is 0 Å². The first-order valence-electron chi connectivity index (χ1n) is 9.13. The molecular weight excluding hydrogens is 372 g/mol. The topological polar surface area (TPSA) is 118 Å². The van der Waals surface area contributed by atoms with E-state index >= 15 is 0 Å². The minimum atomic E-state index is -3.19. The quantitative estimate of drug-likeness (QED) is 0.698. The van der Waals surface area contributed by atoms with E-state index in [4.69, 9.17) is 4.74 Å². The molecule has 3 rings (SSSR count). The molecule has 2 fully saturated rings. The van der Waals surface area contributed by atoms with Crippen LogP contribution in [0.25, 0.3) is 0 Å². The first-order chi connectivity index (χ1) is 12.9. The molecule has 0 saturated carbocycles. The van der Waals surface area contributed by atoms with Crippen LogP contribution in [0.1, 0.15) is 31.5 Å². The number of nitrogens with zero attached hydrogens (tertiary/aromatic N) is 5. The molecule has 0 atom stereocenters. The van der Waals surface area contributed by atoms with Crippen molar-refractivity contribution in [2.24, 2.45) is 5.92 Å². The summed E-state index contributed by atoms with van der Waals surface area (Å²) < 4.78 is 29.7. The fraction of sp³-hybridized carbons (Fsp3) is 0.750. The van der Waals surface area contributed by atoms with Gasteiger partial charge in [-0.2, -0.15) is 15.0 Å². The summed E-state index contributed by atoms with van der Waals surface area (Å²) in [5.74, 6) is 0.714. The van der Waals surface area contributed by atoms with Gasteiger partial charge in [-0.25, -0.2) is 12.7 Å². The van der Waals surface area contributed by atoms with Crippen molar-refractivity contribution in [1.82, 2.24) is 24.6 Å². The van der Waals surface area contributed by atoms with E-state index < -0.39 is 10.0 Å². The third-order valence-corrected chi connectivity index (χ3v) is 6.24. The number of sulfonamides is 1. The van der Waals surface area contributed by atoms with Gasteiger partial charge in [-0.3, -0.25) is 4.79 Å². The Morgan fingerprint density at radius 3 is 2.41 bits per heavy atom. The van der Waals surface area contributed by atoms with Gasteiger partial charge in [0.2, 0.25) is 21.9 Å². The van der Waals surface area contributed by atoms with Crippen LogP contribution in [0.5, 0.6) is 6.01 Å². The predicted octanol–water partition coefficient (Wildman–Crippen LogP) is -0.232. The van der Waals surface area contributed by atoms with Crippen LogP contribution in [0.15, 0.2) is 0 Å². The Labute approximate surface area is 159 Å². The Bertz CT molecular complexity index is 773. The molecule has 1 aromatic heterocycles. The Hall–Kier alpha value is -2.01. The van der Waals surface area contributed by atoms with E-state index in [9.17, 15) is 13.2 Å². The Morgan fingerprint density at radius 1 is 1.15 bits per heavy atom. The fourth-order valence-corrected chi connectivity index (χ4v) is 4.25. The van der Waals surface area contributed by atoms with Crippen LogP contribution in [-0.2, 0) is 21.4 Å². The van der Waals surface area contributed by atoms with E-state index in [1.165, 1.54) is 17.7 Å². The maximum absolute atomic E-state index is 12.4. The van der Waals surface area contributed by atoms with Gasteiger partial charge >= 0.3 is 6.01 Å². The highest BCUT2D eigenvalue weighted by atomic mass is 32.2. The van der Waals surface area contributed by atoms with Crippen molar-refractivity contribution in [3.8, 4) is 6.01 Å². The Morgan fingerprint density at radius 2 is 1.81 bits per heavy atom. The molecule has 0 radical (unpaired) electrons. The molecule has 10 nitrogen and oxygen atoms in total. The van der Waals surface area contributed by atoms with Gasteiger partial charge in [0.15, 0.2) is 5.82 Å². The number of methoxy groups -OCH3 is 1. The number of hydrogen-bond donors (Lipinski definition) is 1. The van der Waals surface area contributed by atoms with Gasteiger partial charge in [-0.15, -0.1) is 0 Å². The molecule has 27 heavy (non-hydrogen) atoms. The molecule has 2 saturated heterocycles. The number of ether oxygens (including phenoxy) is 1. The zero-order valence-corrected chi connectivity index (χ0v) is 16.5. The third kappa shape index (κ3) is 5.04. The smallest absolute Gasteiger partial charge is 0.321 e. The van der Waals surface area contributed by atoms with E-state index in [0.29, 0.717) is 37.7 Å². The largest absolute Gasteiger partial charge is 0.467 e. The maximum atomic E-state index is 12.4. The summed E-state index contributed by atoms with van der Waals surface area (Å²) in [4.78, 5) is 27.5. The first kappa shape index (κ1) is 19.7. The molecular formula is C16H26N6O4S. The summed E-state index contributed by atoms with van der Waals surface area (Å²) in [5, 5.41) is 2.86. The van der Waals surface area contributed by atoms with Crippen LogP contribution in [-0.4, -0.2) is 73.1 Å². The molecule has 150 valence electrons. The highest BCUT2D eigenvalue weighted by molar-refractivity contribution is 7.88. The van der Waals surface area contributed by atoms with Crippen LogP contribution in [0.4, 0.5) is 5.95 Å². The lowest BCUT2D eigenvalue weighted by molar-refractivity contribution is -0.126. The molecule has 0 aromatic carbocycles. The second-order valence-corrected chi connectivity index (χ2v) is 8.87. The summed E-state index contributed by atoms with van der Waals surface area (Å²) in [6, 6.07) is 0.234. The van der Waals surface area contributed by atoms with Crippen molar-refractivity contribution in [3.05, 3.63) is 5.82 Å². The number of amides is 1. The summed E-state index contributed by atoms with van der Waals surface area (Å²) in [6.45, 7) is 2.73. The van der Waals surface area contributed by atoms with Crippen molar-refractivity contribution in [2.75, 3.05) is 44.4 Å². The standard InChI is InChI=1S/C16H26N6O4S/c1-26-16-19-13(18-15(20-16)21-7-3-4-8-21)11-17-14(23)12-5-9-22(10-6-12)27(2,24)25/h12H,3-11H2,1-2H3,(H,17,23). The minimum Gasteiger partial charge on any atom is -0.467 e. The van der Waals surface area contributed by atoms with E-state index in [1.807, 2.05) is 0 Å². The van der Waals surface area contributed by atoms with Gasteiger partial charge in [-0.05, 0) is 25.7 Å². The third-order valence-electron chi connectivity index (χ3n) is 4.94. The number of rotatable bonds is 6. The van der Waals surface area contributed by atoms with Gasteiger partial charge < -0.3 is 15.0 Å². The number of piperidine rings is 1. The van der Waals surface area contributed by atoms with Crippen LogP contribution < -0.4 is 15.0 Å². The van der Waals surface area contributed by atoms with Crippen LogP contribution in [0, 0.1) is 5.92 Å². The molecule has 0 spiro atoms. The number of anilines is 1. The molecule has 2 aliphatic heterocycles. The Balaban J connectivity index is 1.58. The van der Waals surface area contributed by atoms with E-state index in [-0.39, 0.29) is 24.4 Å². The molecule has 1 amide bonds. The lowest BCUT2D eigenvalue weighted by Gasteiger charge is -2.29. The maximum Gasteiger partial charge on any atom is 0.321 e. The van der Waals surface area contributed by atoms with Crippen molar-refractivity contribution < 1.29 is 17.9 Å². The zero-order chi connectivity index (χ0) is 19.4. The fourth-order valence-electron chi connectivity index (χ4n) is 3.38. The SMILES string of the molecule is COc1nc(CNC(=O)C2CCN(S(C)(=O)=O)CC2)nc(N2CCCC2)n1. The number of aromatic nitrogens is 3. The van der Waals surface area contributed by atoms with Crippen molar-refractivity contribution in [3.63, 3.8) is 0 Å². The van der Waals surface area contributed by atoms with Crippen LogP contribution in [0.3, 0.4) is 0 Å². The van der Waals surface area contributed by atoms with Crippen LogP contribution >= 0.6 is 0 Å². The van der Waals surface area contributed by atoms with Gasteiger partial charge in [0.1, 0.15) is 0 Å². The molecule has 0 unspecified atom stereocenters. The molecule has 0 aliphatic carbocycles. The normalized spacial score (nSPS) is 19.3. The van der Waals surface area contributed by atoms with E-state index in [1.54, 1.807) is 0 Å². The summed E-state index contributed by atoms with van der Waals surface area (Å²) in [7, 11) is -1.69. The number of hydrogen-bond acceptors (Lipinski definition) is 8. The van der Waals surface area contributed by atoms with Crippen molar-refractivity contribution in [2.45, 2.75) is 32.2 Å². The molecule has 0 bridgehead atoms. The zero-order valence-electron chi connectivity index (χ0n) is 15.7. The lowest BCUT2D eigenvalue weighted by Crippen LogP contribution is -2.42. The van der Waals surface area contributed by atoms with Gasteiger partial charge in [0.25, 0.3) is 0 Å². The first-order valence-corrected chi connectivity index (χ1v) is 11.0. The lowest BCUT2D eigenvalue weighted by atomic mass is 9.97. The second-order valence-electron chi connectivity index (χ2n) is 6.89. The highest BCUT2D eigenvalue weighted by Crippen LogP contribution is 2.20. The summed E-state index contributed by atoms with van der Waals surface area (Å²) >= 11 is 0. The minimum absolute atomic E-state index is 0.106.